The summed E-state index contributed by atoms with van der Waals surface area (Å²) >= 11 is 0. The molecule has 0 atom stereocenters. The highest BCUT2D eigenvalue weighted by atomic mass is 16.1. The van der Waals surface area contributed by atoms with Crippen LogP contribution < -0.4 is 5.73 Å². The third-order valence-corrected chi connectivity index (χ3v) is 2.18. The number of amides is 1. The summed E-state index contributed by atoms with van der Waals surface area (Å²) in [4.78, 5) is 17.8. The normalized spacial score (nSPS) is 10.6. The van der Waals surface area contributed by atoms with Crippen molar-refractivity contribution in [2.45, 2.75) is 12.8 Å². The van der Waals surface area contributed by atoms with E-state index in [1.807, 2.05) is 18.3 Å². The number of H-pyrrole nitrogens is 1. The van der Waals surface area contributed by atoms with E-state index in [-0.39, 0.29) is 5.91 Å². The van der Waals surface area contributed by atoms with E-state index >= 15 is 0 Å². The lowest BCUT2D eigenvalue weighted by Gasteiger charge is -1.95. The zero-order valence-electron chi connectivity index (χ0n) is 7.66. The summed E-state index contributed by atoms with van der Waals surface area (Å²) in [5.74, 6) is -0.275. The fourth-order valence-electron chi connectivity index (χ4n) is 1.48. The topological polar surface area (TPSA) is 71.8 Å². The van der Waals surface area contributed by atoms with Gasteiger partial charge < -0.3 is 10.7 Å². The molecule has 14 heavy (non-hydrogen) atoms. The maximum absolute atomic E-state index is 10.6. The number of nitrogens with zero attached hydrogens (tertiary/aromatic N) is 1. The molecule has 0 aliphatic heterocycles. The molecule has 4 nitrogen and oxygen atoms in total. The van der Waals surface area contributed by atoms with E-state index < -0.39 is 0 Å². The van der Waals surface area contributed by atoms with E-state index in [4.69, 9.17) is 5.73 Å². The average molecular weight is 189 g/mol. The van der Waals surface area contributed by atoms with Gasteiger partial charge in [-0.15, -0.1) is 0 Å². The second-order valence-electron chi connectivity index (χ2n) is 3.18. The Labute approximate surface area is 81.1 Å². The van der Waals surface area contributed by atoms with E-state index in [9.17, 15) is 4.79 Å². The number of carbonyl (C=O) groups excluding carboxylic acids is 1. The van der Waals surface area contributed by atoms with Gasteiger partial charge in [-0.2, -0.15) is 0 Å². The largest absolute Gasteiger partial charge is 0.370 e. The minimum Gasteiger partial charge on any atom is -0.370 e. The SMILES string of the molecule is NC(=O)CCc1c[nH]c2ncccc12. The molecule has 72 valence electrons. The van der Waals surface area contributed by atoms with Crippen molar-refractivity contribution in [3.8, 4) is 0 Å². The predicted octanol–water partition coefficient (Wildman–Crippen LogP) is 0.981. The Balaban J connectivity index is 2.29. The van der Waals surface area contributed by atoms with Gasteiger partial charge in [0.05, 0.1) is 0 Å². The summed E-state index contributed by atoms with van der Waals surface area (Å²) in [5.41, 5.74) is 7.03. The lowest BCUT2D eigenvalue weighted by molar-refractivity contribution is -0.117. The zero-order valence-corrected chi connectivity index (χ0v) is 7.66. The second kappa shape index (κ2) is 3.49. The van der Waals surface area contributed by atoms with Gasteiger partial charge in [0, 0.05) is 24.2 Å². The first-order chi connectivity index (χ1) is 6.77. The first-order valence-corrected chi connectivity index (χ1v) is 4.46. The molecule has 2 heterocycles. The van der Waals surface area contributed by atoms with Crippen LogP contribution in [0.15, 0.2) is 24.5 Å². The molecule has 0 bridgehead atoms. The number of carbonyl (C=O) groups is 1. The van der Waals surface area contributed by atoms with Crippen LogP contribution in [0.25, 0.3) is 11.0 Å². The molecule has 0 saturated heterocycles. The fraction of sp³-hybridized carbons (Fsp3) is 0.200. The molecule has 0 aliphatic carbocycles. The predicted molar refractivity (Wildman–Crippen MR) is 53.6 cm³/mol. The molecule has 0 saturated carbocycles. The fourth-order valence-corrected chi connectivity index (χ4v) is 1.48. The van der Waals surface area contributed by atoms with E-state index in [1.54, 1.807) is 6.20 Å². The Hall–Kier alpha value is -1.84. The van der Waals surface area contributed by atoms with Crippen LogP contribution in [0.3, 0.4) is 0 Å². The Morgan fingerprint density at radius 2 is 2.43 bits per heavy atom. The number of pyridine rings is 1. The maximum Gasteiger partial charge on any atom is 0.217 e. The minimum absolute atomic E-state index is 0.275. The monoisotopic (exact) mass is 189 g/mol. The van der Waals surface area contributed by atoms with Gasteiger partial charge in [-0.1, -0.05) is 0 Å². The third kappa shape index (κ3) is 1.59. The molecule has 2 rings (SSSR count). The quantitative estimate of drug-likeness (QED) is 0.755. The van der Waals surface area contributed by atoms with Gasteiger partial charge in [-0.25, -0.2) is 4.98 Å². The minimum atomic E-state index is -0.275. The zero-order chi connectivity index (χ0) is 9.97. The number of nitrogens with one attached hydrogen (secondary N) is 1. The number of nitrogens with two attached hydrogens (primary N) is 1. The molecular formula is C10H11N3O. The van der Waals surface area contributed by atoms with E-state index in [0.29, 0.717) is 12.8 Å². The third-order valence-electron chi connectivity index (χ3n) is 2.18. The molecule has 0 fully saturated rings. The molecule has 2 aromatic heterocycles. The smallest absolute Gasteiger partial charge is 0.217 e. The summed E-state index contributed by atoms with van der Waals surface area (Å²) in [6.07, 6.45) is 4.65. The van der Waals surface area contributed by atoms with E-state index in [0.717, 1.165) is 16.6 Å². The molecule has 0 aliphatic rings. The van der Waals surface area contributed by atoms with Crippen LogP contribution in [0.4, 0.5) is 0 Å². The lowest BCUT2D eigenvalue weighted by Crippen LogP contribution is -2.10. The average Bonchev–Trinajstić information content (AvgIpc) is 2.58. The Bertz CT molecular complexity index is 461. The van der Waals surface area contributed by atoms with Crippen LogP contribution in [-0.2, 0) is 11.2 Å². The number of hydrogen-bond acceptors (Lipinski definition) is 2. The summed E-state index contributed by atoms with van der Waals surface area (Å²) in [7, 11) is 0. The molecule has 0 radical (unpaired) electrons. The highest BCUT2D eigenvalue weighted by Gasteiger charge is 2.04. The number of aromatic amines is 1. The maximum atomic E-state index is 10.6. The van der Waals surface area contributed by atoms with Crippen LogP contribution in [0.2, 0.25) is 0 Å². The van der Waals surface area contributed by atoms with Crippen molar-refractivity contribution in [3.05, 3.63) is 30.1 Å². The van der Waals surface area contributed by atoms with Crippen LogP contribution in [-0.4, -0.2) is 15.9 Å². The Morgan fingerprint density at radius 3 is 3.21 bits per heavy atom. The van der Waals surface area contributed by atoms with Crippen LogP contribution in [0, 0.1) is 0 Å². The summed E-state index contributed by atoms with van der Waals surface area (Å²) < 4.78 is 0. The van der Waals surface area contributed by atoms with Gasteiger partial charge in [0.2, 0.25) is 5.91 Å². The second-order valence-corrected chi connectivity index (χ2v) is 3.18. The van der Waals surface area contributed by atoms with Gasteiger partial charge in [-0.3, -0.25) is 4.79 Å². The van der Waals surface area contributed by atoms with Crippen molar-refractivity contribution in [3.63, 3.8) is 0 Å². The number of hydrogen-bond donors (Lipinski definition) is 2. The van der Waals surface area contributed by atoms with Crippen molar-refractivity contribution in [1.29, 1.82) is 0 Å². The van der Waals surface area contributed by atoms with Crippen LogP contribution >= 0.6 is 0 Å². The highest BCUT2D eigenvalue weighted by molar-refractivity contribution is 5.80. The molecule has 0 spiro atoms. The number of rotatable bonds is 3. The van der Waals surface area contributed by atoms with Crippen LogP contribution in [0.1, 0.15) is 12.0 Å². The Kier molecular flexibility index (Phi) is 2.18. The van der Waals surface area contributed by atoms with Gasteiger partial charge in [-0.05, 0) is 24.1 Å². The number of fused-ring (bicyclic) bond motifs is 1. The summed E-state index contributed by atoms with van der Waals surface area (Å²) in [6.45, 7) is 0. The highest BCUT2D eigenvalue weighted by Crippen LogP contribution is 2.16. The molecule has 2 aromatic rings. The molecule has 3 N–H and O–H groups in total. The van der Waals surface area contributed by atoms with Gasteiger partial charge in [0.1, 0.15) is 5.65 Å². The summed E-state index contributed by atoms with van der Waals surface area (Å²) in [6, 6.07) is 3.86. The molecule has 4 heteroatoms. The van der Waals surface area contributed by atoms with Crippen molar-refractivity contribution < 1.29 is 4.79 Å². The van der Waals surface area contributed by atoms with Crippen molar-refractivity contribution >= 4 is 16.9 Å². The first-order valence-electron chi connectivity index (χ1n) is 4.46. The van der Waals surface area contributed by atoms with Crippen molar-refractivity contribution in [1.82, 2.24) is 9.97 Å². The molecule has 0 unspecified atom stereocenters. The number of aryl methyl sites for hydroxylation is 1. The van der Waals surface area contributed by atoms with Crippen LogP contribution in [0.5, 0.6) is 0 Å². The van der Waals surface area contributed by atoms with Gasteiger partial charge >= 0.3 is 0 Å². The van der Waals surface area contributed by atoms with E-state index in [2.05, 4.69) is 9.97 Å². The molecule has 1 amide bonds. The number of primary amides is 1. The Morgan fingerprint density at radius 1 is 1.57 bits per heavy atom. The van der Waals surface area contributed by atoms with Crippen molar-refractivity contribution in [2.75, 3.05) is 0 Å². The number of aromatic nitrogens is 2. The summed E-state index contributed by atoms with van der Waals surface area (Å²) in [5, 5.41) is 1.06. The lowest BCUT2D eigenvalue weighted by atomic mass is 10.1. The first kappa shape index (κ1) is 8.74. The van der Waals surface area contributed by atoms with E-state index in [1.165, 1.54) is 0 Å². The standard InChI is InChI=1S/C10H11N3O/c11-9(14)4-3-7-6-13-10-8(7)2-1-5-12-10/h1-2,5-6H,3-4H2,(H2,11,14)(H,12,13). The van der Waals surface area contributed by atoms with Crippen molar-refractivity contribution in [2.24, 2.45) is 5.73 Å². The van der Waals surface area contributed by atoms with Gasteiger partial charge in [0.25, 0.3) is 0 Å². The van der Waals surface area contributed by atoms with Gasteiger partial charge in [0.15, 0.2) is 0 Å². The molecular weight excluding hydrogens is 178 g/mol. The molecule has 0 aromatic carbocycles.